The maximum atomic E-state index is 11.3. The zero-order valence-electron chi connectivity index (χ0n) is 11.3. The van der Waals surface area contributed by atoms with Gasteiger partial charge in [0.1, 0.15) is 11.3 Å². The lowest BCUT2D eigenvalue weighted by Gasteiger charge is -2.11. The Morgan fingerprint density at radius 3 is 2.79 bits per heavy atom. The van der Waals surface area contributed by atoms with E-state index in [1.54, 1.807) is 12.1 Å². The van der Waals surface area contributed by atoms with Crippen molar-refractivity contribution in [1.29, 1.82) is 0 Å². The first-order chi connectivity index (χ1) is 9.08. The number of nitrogens with zero attached hydrogens (tertiary/aromatic N) is 2. The van der Waals surface area contributed by atoms with Gasteiger partial charge >= 0.3 is 5.97 Å². The van der Waals surface area contributed by atoms with Crippen molar-refractivity contribution in [1.82, 2.24) is 9.55 Å². The Morgan fingerprint density at radius 1 is 1.47 bits per heavy atom. The molecule has 0 spiro atoms. The summed E-state index contributed by atoms with van der Waals surface area (Å²) < 4.78 is 2.21. The van der Waals surface area contributed by atoms with Crippen molar-refractivity contribution in [2.45, 2.75) is 39.2 Å². The molecule has 1 heterocycles. The SMILES string of the molecule is CC(C)Cn1c(C2CC2)nc2c(C(=O)O)cccc21. The normalized spacial score (nSPS) is 15.3. The highest BCUT2D eigenvalue weighted by Gasteiger charge is 2.30. The van der Waals surface area contributed by atoms with Crippen LogP contribution >= 0.6 is 0 Å². The second-order valence-corrected chi connectivity index (χ2v) is 5.73. The molecule has 4 heteroatoms. The highest BCUT2D eigenvalue weighted by molar-refractivity contribution is 6.01. The van der Waals surface area contributed by atoms with Crippen LogP contribution in [0.3, 0.4) is 0 Å². The lowest BCUT2D eigenvalue weighted by molar-refractivity contribution is 0.0699. The van der Waals surface area contributed by atoms with Crippen LogP contribution in [0.1, 0.15) is 48.8 Å². The Morgan fingerprint density at radius 2 is 2.21 bits per heavy atom. The maximum absolute atomic E-state index is 11.3. The quantitative estimate of drug-likeness (QED) is 0.915. The second-order valence-electron chi connectivity index (χ2n) is 5.73. The molecule has 0 saturated heterocycles. The lowest BCUT2D eigenvalue weighted by atomic mass is 10.1. The molecule has 0 atom stereocenters. The van der Waals surface area contributed by atoms with E-state index in [9.17, 15) is 9.90 Å². The van der Waals surface area contributed by atoms with Gasteiger partial charge in [0.05, 0.1) is 11.1 Å². The number of hydrogen-bond acceptors (Lipinski definition) is 2. The van der Waals surface area contributed by atoms with Crippen molar-refractivity contribution in [2.75, 3.05) is 0 Å². The van der Waals surface area contributed by atoms with E-state index in [1.165, 1.54) is 12.8 Å². The average Bonchev–Trinajstić information content (AvgIpc) is 3.12. The minimum absolute atomic E-state index is 0.307. The van der Waals surface area contributed by atoms with E-state index in [0.29, 0.717) is 22.9 Å². The Bertz CT molecular complexity index is 639. The van der Waals surface area contributed by atoms with Crippen molar-refractivity contribution in [3.63, 3.8) is 0 Å². The molecule has 0 radical (unpaired) electrons. The van der Waals surface area contributed by atoms with Crippen LogP contribution < -0.4 is 0 Å². The molecule has 3 rings (SSSR count). The fourth-order valence-electron chi connectivity index (χ4n) is 2.55. The van der Waals surface area contributed by atoms with Crippen molar-refractivity contribution in [2.24, 2.45) is 5.92 Å². The number of benzene rings is 1. The van der Waals surface area contributed by atoms with Gasteiger partial charge in [-0.25, -0.2) is 9.78 Å². The predicted octanol–water partition coefficient (Wildman–Crippen LogP) is 3.27. The van der Waals surface area contributed by atoms with E-state index >= 15 is 0 Å². The number of aromatic nitrogens is 2. The van der Waals surface area contributed by atoms with Gasteiger partial charge in [0, 0.05) is 12.5 Å². The van der Waals surface area contributed by atoms with Crippen LogP contribution in [-0.4, -0.2) is 20.6 Å². The third-order valence-electron chi connectivity index (χ3n) is 3.53. The topological polar surface area (TPSA) is 55.1 Å². The van der Waals surface area contributed by atoms with E-state index in [1.807, 2.05) is 6.07 Å². The molecule has 1 aliphatic rings. The number of imidazole rings is 1. The molecular formula is C15H18N2O2. The zero-order chi connectivity index (χ0) is 13.6. The Labute approximate surface area is 112 Å². The van der Waals surface area contributed by atoms with Gasteiger partial charge in [-0.3, -0.25) is 0 Å². The Hall–Kier alpha value is -1.84. The maximum Gasteiger partial charge on any atom is 0.337 e. The number of carboxylic acids is 1. The van der Waals surface area contributed by atoms with E-state index in [-0.39, 0.29) is 0 Å². The molecule has 2 aromatic rings. The summed E-state index contributed by atoms with van der Waals surface area (Å²) in [6, 6.07) is 5.41. The third kappa shape index (κ3) is 2.11. The molecule has 1 aromatic carbocycles. The van der Waals surface area contributed by atoms with Gasteiger partial charge in [-0.1, -0.05) is 19.9 Å². The van der Waals surface area contributed by atoms with Gasteiger partial charge in [-0.15, -0.1) is 0 Å². The number of carboxylic acid groups (broad SMARTS) is 1. The zero-order valence-corrected chi connectivity index (χ0v) is 11.3. The number of carbonyl (C=O) groups is 1. The molecule has 1 aliphatic carbocycles. The molecule has 0 bridgehead atoms. The summed E-state index contributed by atoms with van der Waals surface area (Å²) in [6.45, 7) is 5.23. The minimum Gasteiger partial charge on any atom is -0.478 e. The van der Waals surface area contributed by atoms with Gasteiger partial charge in [0.2, 0.25) is 0 Å². The van der Waals surface area contributed by atoms with E-state index in [0.717, 1.165) is 17.9 Å². The van der Waals surface area contributed by atoms with Gasteiger partial charge in [0.15, 0.2) is 0 Å². The summed E-state index contributed by atoms with van der Waals surface area (Å²) in [5, 5.41) is 9.27. The largest absolute Gasteiger partial charge is 0.478 e. The average molecular weight is 258 g/mol. The second kappa shape index (κ2) is 4.37. The number of rotatable bonds is 4. The molecule has 0 aliphatic heterocycles. The van der Waals surface area contributed by atoms with Crippen LogP contribution in [0.2, 0.25) is 0 Å². The van der Waals surface area contributed by atoms with Crippen molar-refractivity contribution < 1.29 is 9.90 Å². The highest BCUT2D eigenvalue weighted by atomic mass is 16.4. The molecule has 100 valence electrons. The van der Waals surface area contributed by atoms with Crippen LogP contribution in [0.5, 0.6) is 0 Å². The standard InChI is InChI=1S/C15H18N2O2/c1-9(2)8-17-12-5-3-4-11(15(18)19)13(12)16-14(17)10-6-7-10/h3-5,9-10H,6-8H2,1-2H3,(H,18,19). The van der Waals surface area contributed by atoms with Gasteiger partial charge in [-0.2, -0.15) is 0 Å². The fraction of sp³-hybridized carbons (Fsp3) is 0.467. The molecule has 1 N–H and O–H groups in total. The number of fused-ring (bicyclic) bond motifs is 1. The van der Waals surface area contributed by atoms with E-state index < -0.39 is 5.97 Å². The monoisotopic (exact) mass is 258 g/mol. The summed E-state index contributed by atoms with van der Waals surface area (Å²) in [5.74, 6) is 1.20. The van der Waals surface area contributed by atoms with Crippen molar-refractivity contribution in [3.8, 4) is 0 Å². The van der Waals surface area contributed by atoms with Gasteiger partial charge < -0.3 is 9.67 Å². The molecule has 1 saturated carbocycles. The first-order valence-corrected chi connectivity index (χ1v) is 6.80. The van der Waals surface area contributed by atoms with E-state index in [4.69, 9.17) is 0 Å². The summed E-state index contributed by atoms with van der Waals surface area (Å²) in [7, 11) is 0. The van der Waals surface area contributed by atoms with Crippen LogP contribution in [0.4, 0.5) is 0 Å². The first-order valence-electron chi connectivity index (χ1n) is 6.80. The van der Waals surface area contributed by atoms with Gasteiger partial charge in [-0.05, 0) is 30.9 Å². The van der Waals surface area contributed by atoms with Crippen molar-refractivity contribution in [3.05, 3.63) is 29.6 Å². The Kier molecular flexibility index (Phi) is 2.81. The summed E-state index contributed by atoms with van der Waals surface area (Å²) in [5.41, 5.74) is 1.90. The lowest BCUT2D eigenvalue weighted by Crippen LogP contribution is -2.07. The minimum atomic E-state index is -0.901. The summed E-state index contributed by atoms with van der Waals surface area (Å²) in [4.78, 5) is 15.9. The predicted molar refractivity (Wildman–Crippen MR) is 73.5 cm³/mol. The highest BCUT2D eigenvalue weighted by Crippen LogP contribution is 2.41. The summed E-state index contributed by atoms with van der Waals surface area (Å²) in [6.07, 6.45) is 2.34. The molecule has 0 amide bonds. The summed E-state index contributed by atoms with van der Waals surface area (Å²) >= 11 is 0. The molecule has 0 unspecified atom stereocenters. The van der Waals surface area contributed by atoms with Crippen LogP contribution in [-0.2, 0) is 6.54 Å². The number of para-hydroxylation sites is 1. The molecule has 4 nitrogen and oxygen atoms in total. The van der Waals surface area contributed by atoms with Crippen LogP contribution in [0.15, 0.2) is 18.2 Å². The molecule has 1 fully saturated rings. The molecule has 1 aromatic heterocycles. The van der Waals surface area contributed by atoms with Crippen molar-refractivity contribution >= 4 is 17.0 Å². The fourth-order valence-corrected chi connectivity index (χ4v) is 2.55. The number of aromatic carboxylic acids is 1. The smallest absolute Gasteiger partial charge is 0.337 e. The van der Waals surface area contributed by atoms with Crippen LogP contribution in [0.25, 0.3) is 11.0 Å². The molecular weight excluding hydrogens is 240 g/mol. The Balaban J connectivity index is 2.22. The third-order valence-corrected chi connectivity index (χ3v) is 3.53. The van der Waals surface area contributed by atoms with Crippen LogP contribution in [0, 0.1) is 5.92 Å². The van der Waals surface area contributed by atoms with Gasteiger partial charge in [0.25, 0.3) is 0 Å². The molecule has 19 heavy (non-hydrogen) atoms. The van der Waals surface area contributed by atoms with E-state index in [2.05, 4.69) is 23.4 Å². The number of hydrogen-bond donors (Lipinski definition) is 1. The first kappa shape index (κ1) is 12.2.